The molecule has 0 nitrogen and oxygen atoms in total. The van der Waals surface area contributed by atoms with Gasteiger partial charge in [0.2, 0.25) is 0 Å². The lowest BCUT2D eigenvalue weighted by Crippen LogP contribution is -1.82. The van der Waals surface area contributed by atoms with Gasteiger partial charge in [0, 0.05) is 0 Å². The van der Waals surface area contributed by atoms with E-state index in [0.29, 0.717) is 0 Å². The summed E-state index contributed by atoms with van der Waals surface area (Å²) in [5.74, 6) is 0. The monoisotopic (exact) mass is 186 g/mol. The first-order chi connectivity index (χ1) is 6.65. The van der Waals surface area contributed by atoms with Gasteiger partial charge in [-0.3, -0.25) is 0 Å². The van der Waals surface area contributed by atoms with Crippen molar-refractivity contribution in [2.75, 3.05) is 0 Å². The van der Waals surface area contributed by atoms with E-state index < -0.39 is 0 Å². The molecule has 0 saturated carbocycles. The molecule has 0 aliphatic rings. The molecule has 0 aliphatic heterocycles. The first-order valence-corrected chi connectivity index (χ1v) is 5.08. The maximum Gasteiger partial charge on any atom is -0.0230 e. The fourth-order valence-corrected chi connectivity index (χ4v) is 1.44. The second kappa shape index (κ2) is 4.80. The fraction of sp³-hybridized carbons (Fsp3) is 0.286. The normalized spacial score (nSPS) is 11.5. The Bertz CT molecular complexity index is 339. The van der Waals surface area contributed by atoms with Crippen molar-refractivity contribution in [3.8, 4) is 0 Å². The van der Waals surface area contributed by atoms with Gasteiger partial charge in [-0.25, -0.2) is 0 Å². The zero-order chi connectivity index (χ0) is 10.6. The molecular weight excluding hydrogens is 168 g/mol. The van der Waals surface area contributed by atoms with Crippen LogP contribution in [0.2, 0.25) is 0 Å². The summed E-state index contributed by atoms with van der Waals surface area (Å²) in [6.45, 7) is 10.3. The van der Waals surface area contributed by atoms with Gasteiger partial charge >= 0.3 is 0 Å². The summed E-state index contributed by atoms with van der Waals surface area (Å²) in [5.41, 5.74) is 4.99. The van der Waals surface area contributed by atoms with Crippen molar-refractivity contribution >= 4 is 11.1 Å². The topological polar surface area (TPSA) is 0 Å². The molecule has 0 aromatic heterocycles. The molecule has 1 aromatic rings. The fourth-order valence-electron chi connectivity index (χ4n) is 1.44. The molecule has 0 saturated heterocycles. The highest BCUT2D eigenvalue weighted by molar-refractivity contribution is 5.67. The van der Waals surface area contributed by atoms with Crippen LogP contribution in [-0.2, 0) is 0 Å². The largest absolute Gasteiger partial charge is 0.0955 e. The minimum Gasteiger partial charge on any atom is -0.0955 e. The van der Waals surface area contributed by atoms with Crippen molar-refractivity contribution in [3.63, 3.8) is 0 Å². The van der Waals surface area contributed by atoms with Crippen LogP contribution in [0, 0.1) is 0 Å². The predicted molar refractivity (Wildman–Crippen MR) is 65.1 cm³/mol. The minimum atomic E-state index is 1.09. The average molecular weight is 186 g/mol. The Morgan fingerprint density at radius 3 is 2.07 bits per heavy atom. The van der Waals surface area contributed by atoms with Crippen molar-refractivity contribution in [1.29, 1.82) is 0 Å². The minimum absolute atomic E-state index is 1.09. The third-order valence-corrected chi connectivity index (χ3v) is 2.34. The second-order valence-corrected chi connectivity index (χ2v) is 3.65. The van der Waals surface area contributed by atoms with Crippen LogP contribution in [0.1, 0.15) is 38.3 Å². The van der Waals surface area contributed by atoms with Crippen molar-refractivity contribution < 1.29 is 0 Å². The van der Waals surface area contributed by atoms with Crippen LogP contribution in [0.4, 0.5) is 0 Å². The Morgan fingerprint density at radius 1 is 1.14 bits per heavy atom. The summed E-state index contributed by atoms with van der Waals surface area (Å²) in [4.78, 5) is 0. The highest BCUT2D eigenvalue weighted by Gasteiger charge is 1.96. The molecule has 0 radical (unpaired) electrons. The van der Waals surface area contributed by atoms with E-state index in [9.17, 15) is 0 Å². The highest BCUT2D eigenvalue weighted by atomic mass is 14.0. The lowest BCUT2D eigenvalue weighted by molar-refractivity contribution is 1.22. The van der Waals surface area contributed by atoms with Crippen LogP contribution in [0.3, 0.4) is 0 Å². The zero-order valence-corrected chi connectivity index (χ0v) is 9.30. The molecule has 0 heteroatoms. The maximum atomic E-state index is 3.92. The highest BCUT2D eigenvalue weighted by Crippen LogP contribution is 2.18. The lowest BCUT2D eigenvalue weighted by Gasteiger charge is -2.03. The molecule has 0 aliphatic carbocycles. The standard InChI is InChI=1S/C14H18/c1-5-6-12(4)14-9-7-13(8-10-14)11(2)3/h6-10H,2,5H2,1,3-4H3/b12-6+. The summed E-state index contributed by atoms with van der Waals surface area (Å²) in [7, 11) is 0. The van der Waals surface area contributed by atoms with E-state index in [0.717, 1.165) is 12.0 Å². The molecule has 0 amide bonds. The average Bonchev–Trinajstić information content (AvgIpc) is 2.18. The van der Waals surface area contributed by atoms with Crippen LogP contribution >= 0.6 is 0 Å². The molecule has 0 heterocycles. The number of hydrogen-bond donors (Lipinski definition) is 0. The van der Waals surface area contributed by atoms with Crippen molar-refractivity contribution in [2.45, 2.75) is 27.2 Å². The van der Waals surface area contributed by atoms with Crippen molar-refractivity contribution in [2.24, 2.45) is 0 Å². The van der Waals surface area contributed by atoms with Gasteiger partial charge in [0.15, 0.2) is 0 Å². The Morgan fingerprint density at radius 2 is 1.64 bits per heavy atom. The molecule has 1 rings (SSSR count). The Balaban J connectivity index is 2.94. The second-order valence-electron chi connectivity index (χ2n) is 3.65. The van der Waals surface area contributed by atoms with E-state index in [1.54, 1.807) is 0 Å². The van der Waals surface area contributed by atoms with Crippen LogP contribution < -0.4 is 0 Å². The van der Waals surface area contributed by atoms with Gasteiger partial charge in [0.1, 0.15) is 0 Å². The van der Waals surface area contributed by atoms with E-state index in [-0.39, 0.29) is 0 Å². The third-order valence-electron chi connectivity index (χ3n) is 2.34. The number of rotatable bonds is 3. The first-order valence-electron chi connectivity index (χ1n) is 5.08. The Labute approximate surface area is 87.0 Å². The molecule has 1 aromatic carbocycles. The third kappa shape index (κ3) is 2.59. The van der Waals surface area contributed by atoms with Gasteiger partial charge in [0.25, 0.3) is 0 Å². The van der Waals surface area contributed by atoms with Gasteiger partial charge in [-0.15, -0.1) is 0 Å². The number of allylic oxidation sites excluding steroid dienone is 3. The van der Waals surface area contributed by atoms with Crippen LogP contribution in [0.25, 0.3) is 11.1 Å². The van der Waals surface area contributed by atoms with Gasteiger partial charge in [-0.1, -0.05) is 49.4 Å². The summed E-state index contributed by atoms with van der Waals surface area (Å²) in [6.07, 6.45) is 3.34. The van der Waals surface area contributed by atoms with Gasteiger partial charge in [-0.2, -0.15) is 0 Å². The Hall–Kier alpha value is -1.30. The molecule has 74 valence electrons. The van der Waals surface area contributed by atoms with E-state index in [4.69, 9.17) is 0 Å². The molecular formula is C14H18. The smallest absolute Gasteiger partial charge is 0.0230 e. The molecule has 0 N–H and O–H groups in total. The zero-order valence-electron chi connectivity index (χ0n) is 9.30. The Kier molecular flexibility index (Phi) is 3.70. The van der Waals surface area contributed by atoms with Crippen molar-refractivity contribution in [3.05, 3.63) is 48.0 Å². The molecule has 0 fully saturated rings. The predicted octanol–water partition coefficient (Wildman–Crippen LogP) is 4.53. The summed E-state index contributed by atoms with van der Waals surface area (Å²) >= 11 is 0. The van der Waals surface area contributed by atoms with E-state index >= 15 is 0 Å². The maximum absolute atomic E-state index is 3.92. The lowest BCUT2D eigenvalue weighted by atomic mass is 10.0. The first kappa shape index (κ1) is 10.8. The quantitative estimate of drug-likeness (QED) is 0.650. The van der Waals surface area contributed by atoms with Gasteiger partial charge < -0.3 is 0 Å². The van der Waals surface area contributed by atoms with E-state index in [1.807, 2.05) is 6.92 Å². The van der Waals surface area contributed by atoms with E-state index in [1.165, 1.54) is 16.7 Å². The van der Waals surface area contributed by atoms with Crippen LogP contribution in [0.5, 0.6) is 0 Å². The number of hydrogen-bond acceptors (Lipinski definition) is 0. The molecule has 0 atom stereocenters. The molecule has 0 bridgehead atoms. The summed E-state index contributed by atoms with van der Waals surface area (Å²) in [5, 5.41) is 0. The van der Waals surface area contributed by atoms with Crippen molar-refractivity contribution in [1.82, 2.24) is 0 Å². The van der Waals surface area contributed by atoms with Crippen LogP contribution in [0.15, 0.2) is 36.9 Å². The molecule has 0 unspecified atom stereocenters. The van der Waals surface area contributed by atoms with E-state index in [2.05, 4.69) is 50.8 Å². The van der Waals surface area contributed by atoms with Crippen LogP contribution in [-0.4, -0.2) is 0 Å². The van der Waals surface area contributed by atoms with Gasteiger partial charge in [0.05, 0.1) is 0 Å². The number of benzene rings is 1. The summed E-state index contributed by atoms with van der Waals surface area (Å²) in [6, 6.07) is 8.58. The molecule has 0 spiro atoms. The SMILES string of the molecule is C=C(C)c1ccc(/C(C)=C/CC)cc1. The van der Waals surface area contributed by atoms with Gasteiger partial charge in [-0.05, 0) is 37.0 Å². The molecule has 14 heavy (non-hydrogen) atoms. The summed E-state index contributed by atoms with van der Waals surface area (Å²) < 4.78 is 0.